The highest BCUT2D eigenvalue weighted by molar-refractivity contribution is 5.76. The van der Waals surface area contributed by atoms with Gasteiger partial charge in [0.15, 0.2) is 5.65 Å². The minimum atomic E-state index is 0.458. The second kappa shape index (κ2) is 8.37. The molecule has 2 aromatic heterocycles. The van der Waals surface area contributed by atoms with E-state index in [9.17, 15) is 0 Å². The van der Waals surface area contributed by atoms with E-state index in [1.807, 2.05) is 6.92 Å². The topological polar surface area (TPSA) is 57.7 Å². The predicted octanol–water partition coefficient (Wildman–Crippen LogP) is 5.59. The Morgan fingerprint density at radius 3 is 2.27 bits per heavy atom. The number of pyridine rings is 1. The van der Waals surface area contributed by atoms with Crippen LogP contribution in [0.25, 0.3) is 11.2 Å². The third-order valence-corrected chi connectivity index (χ3v) is 6.72. The molecule has 0 radical (unpaired) electrons. The quantitative estimate of drug-likeness (QED) is 0.419. The lowest BCUT2D eigenvalue weighted by Gasteiger charge is -2.23. The lowest BCUT2D eigenvalue weighted by Crippen LogP contribution is -2.12. The van der Waals surface area contributed by atoms with E-state index in [4.69, 9.17) is 15.2 Å². The van der Waals surface area contributed by atoms with Crippen LogP contribution in [-0.2, 0) is 32.2 Å². The number of benzene rings is 2. The summed E-state index contributed by atoms with van der Waals surface area (Å²) < 4.78 is 2.28. The van der Waals surface area contributed by atoms with Crippen molar-refractivity contribution >= 4 is 22.5 Å². The summed E-state index contributed by atoms with van der Waals surface area (Å²) in [6.45, 7) is 7.09. The van der Waals surface area contributed by atoms with E-state index in [2.05, 4.69) is 78.9 Å². The summed E-state index contributed by atoms with van der Waals surface area (Å²) >= 11 is 0. The van der Waals surface area contributed by atoms with Crippen molar-refractivity contribution in [1.29, 1.82) is 5.26 Å². The minimum Gasteiger partial charge on any atom is -0.344 e. The second-order valence-corrected chi connectivity index (χ2v) is 9.04. The van der Waals surface area contributed by atoms with Gasteiger partial charge in [-0.15, -0.1) is 0 Å². The van der Waals surface area contributed by atoms with Gasteiger partial charge in [0.25, 0.3) is 0 Å². The van der Waals surface area contributed by atoms with Crippen molar-refractivity contribution in [2.24, 2.45) is 0 Å². The zero-order valence-electron chi connectivity index (χ0n) is 19.8. The van der Waals surface area contributed by atoms with Crippen LogP contribution in [0.2, 0.25) is 0 Å². The smallest absolute Gasteiger partial charge is 0.160 e. The van der Waals surface area contributed by atoms with E-state index in [-0.39, 0.29) is 0 Å². The first-order valence-electron chi connectivity index (χ1n) is 11.7. The highest BCUT2D eigenvalue weighted by Crippen LogP contribution is 2.36. The highest BCUT2D eigenvalue weighted by Gasteiger charge is 2.19. The van der Waals surface area contributed by atoms with Gasteiger partial charge < -0.3 is 9.47 Å². The fourth-order valence-electron chi connectivity index (χ4n) is 5.10. The van der Waals surface area contributed by atoms with Crippen molar-refractivity contribution in [3.8, 4) is 6.07 Å². The van der Waals surface area contributed by atoms with Crippen LogP contribution < -0.4 is 4.90 Å². The van der Waals surface area contributed by atoms with E-state index in [1.165, 1.54) is 33.6 Å². The van der Waals surface area contributed by atoms with Crippen LogP contribution in [0.4, 0.5) is 11.4 Å². The molecule has 0 unspecified atom stereocenters. The van der Waals surface area contributed by atoms with Crippen LogP contribution in [0.1, 0.15) is 46.3 Å². The first-order chi connectivity index (χ1) is 16.0. The number of fused-ring (bicyclic) bond motifs is 3. The maximum Gasteiger partial charge on any atom is 0.160 e. The third-order valence-electron chi connectivity index (χ3n) is 6.72. The third kappa shape index (κ3) is 3.76. The number of aryl methyl sites for hydroxylation is 5. The van der Waals surface area contributed by atoms with Crippen molar-refractivity contribution in [2.45, 2.75) is 53.0 Å². The van der Waals surface area contributed by atoms with Crippen LogP contribution in [0, 0.1) is 25.2 Å². The lowest BCUT2D eigenvalue weighted by atomic mass is 10.0. The molecule has 3 heterocycles. The minimum absolute atomic E-state index is 0.458. The molecule has 0 amide bonds. The molecule has 33 heavy (non-hydrogen) atoms. The Labute approximate surface area is 195 Å². The first-order valence-corrected chi connectivity index (χ1v) is 11.7. The molecule has 1 aliphatic rings. The number of hydrogen-bond donors (Lipinski definition) is 0. The monoisotopic (exact) mass is 435 g/mol. The van der Waals surface area contributed by atoms with E-state index in [0.29, 0.717) is 6.42 Å². The average Bonchev–Trinajstić information content (AvgIpc) is 3.08. The standard InChI is InChI=1S/C28H29N5/c1-5-26-31-27-18(2)14-19(3)30-28(27)33(26)17-21-7-11-25-23(16-21)9-8-22-15-20(12-13-29)6-10-24(22)32(25)4/h6-7,10-11,14-16H,5,8-9,12,17H2,1-4H3. The number of anilines is 2. The molecule has 0 atom stereocenters. The Morgan fingerprint density at radius 2 is 1.61 bits per heavy atom. The van der Waals surface area contributed by atoms with Gasteiger partial charge >= 0.3 is 0 Å². The Morgan fingerprint density at radius 1 is 0.939 bits per heavy atom. The summed E-state index contributed by atoms with van der Waals surface area (Å²) in [5, 5.41) is 9.07. The number of rotatable bonds is 4. The molecule has 0 fully saturated rings. The summed E-state index contributed by atoms with van der Waals surface area (Å²) in [5.74, 6) is 1.08. The SMILES string of the molecule is CCc1nc2c(C)cc(C)nc2n1Cc1ccc2c(c1)CCc1cc(CC#N)ccc1N2C. The zero-order valence-corrected chi connectivity index (χ0v) is 19.8. The molecule has 166 valence electrons. The zero-order chi connectivity index (χ0) is 23.1. The van der Waals surface area contributed by atoms with Gasteiger partial charge in [-0.25, -0.2) is 9.97 Å². The van der Waals surface area contributed by atoms with Crippen LogP contribution in [0.5, 0.6) is 0 Å². The van der Waals surface area contributed by atoms with E-state index >= 15 is 0 Å². The van der Waals surface area contributed by atoms with Gasteiger partial charge in [0.1, 0.15) is 11.3 Å². The van der Waals surface area contributed by atoms with E-state index in [1.54, 1.807) is 0 Å². The fraction of sp³-hybridized carbons (Fsp3) is 0.321. The van der Waals surface area contributed by atoms with Crippen LogP contribution in [0.15, 0.2) is 42.5 Å². The molecule has 5 rings (SSSR count). The van der Waals surface area contributed by atoms with Gasteiger partial charge in [0, 0.05) is 30.5 Å². The number of hydrogen-bond acceptors (Lipinski definition) is 4. The molecular weight excluding hydrogens is 406 g/mol. The van der Waals surface area contributed by atoms with Gasteiger partial charge in [0.2, 0.25) is 0 Å². The normalized spacial score (nSPS) is 12.9. The predicted molar refractivity (Wildman–Crippen MR) is 133 cm³/mol. The second-order valence-electron chi connectivity index (χ2n) is 9.04. The molecule has 0 saturated heterocycles. The fourth-order valence-corrected chi connectivity index (χ4v) is 5.10. The van der Waals surface area contributed by atoms with Gasteiger partial charge in [-0.05, 0) is 72.7 Å². The van der Waals surface area contributed by atoms with Gasteiger partial charge in [-0.2, -0.15) is 5.26 Å². The van der Waals surface area contributed by atoms with Gasteiger partial charge in [-0.1, -0.05) is 31.2 Å². The molecule has 0 saturated carbocycles. The molecule has 0 aliphatic carbocycles. The van der Waals surface area contributed by atoms with Crippen molar-refractivity contribution < 1.29 is 0 Å². The molecule has 1 aliphatic heterocycles. The summed E-state index contributed by atoms with van der Waals surface area (Å²) in [7, 11) is 2.14. The molecule has 0 spiro atoms. The van der Waals surface area contributed by atoms with Crippen molar-refractivity contribution in [3.63, 3.8) is 0 Å². The Hall–Kier alpha value is -3.65. The maximum atomic E-state index is 9.07. The summed E-state index contributed by atoms with van der Waals surface area (Å²) in [6, 6.07) is 17.6. The molecule has 0 bridgehead atoms. The van der Waals surface area contributed by atoms with E-state index in [0.717, 1.165) is 54.1 Å². The highest BCUT2D eigenvalue weighted by atomic mass is 15.1. The average molecular weight is 436 g/mol. The van der Waals surface area contributed by atoms with Crippen molar-refractivity contribution in [1.82, 2.24) is 14.5 Å². The molecule has 5 heteroatoms. The molecule has 0 N–H and O–H groups in total. The summed E-state index contributed by atoms with van der Waals surface area (Å²) in [5.41, 5.74) is 11.7. The van der Waals surface area contributed by atoms with Crippen LogP contribution >= 0.6 is 0 Å². The molecule has 5 nitrogen and oxygen atoms in total. The lowest BCUT2D eigenvalue weighted by molar-refractivity contribution is 0.744. The van der Waals surface area contributed by atoms with Crippen molar-refractivity contribution in [3.05, 3.63) is 81.8 Å². The first kappa shape index (κ1) is 21.2. The van der Waals surface area contributed by atoms with Gasteiger partial charge in [0.05, 0.1) is 19.0 Å². The number of aromatic nitrogens is 3. The van der Waals surface area contributed by atoms with Crippen LogP contribution in [0.3, 0.4) is 0 Å². The van der Waals surface area contributed by atoms with Crippen molar-refractivity contribution in [2.75, 3.05) is 11.9 Å². The maximum absolute atomic E-state index is 9.07. The summed E-state index contributed by atoms with van der Waals surface area (Å²) in [6.07, 6.45) is 3.30. The number of nitriles is 1. The Bertz CT molecular complexity index is 1410. The van der Waals surface area contributed by atoms with Crippen LogP contribution in [-0.4, -0.2) is 21.6 Å². The molecular formula is C28H29N5. The van der Waals surface area contributed by atoms with Gasteiger partial charge in [-0.3, -0.25) is 0 Å². The Balaban J connectivity index is 1.51. The Kier molecular flexibility index (Phi) is 5.38. The van der Waals surface area contributed by atoms with E-state index < -0.39 is 0 Å². The number of nitrogens with zero attached hydrogens (tertiary/aromatic N) is 5. The number of imidazole rings is 1. The largest absolute Gasteiger partial charge is 0.344 e. The molecule has 2 aromatic carbocycles. The molecule has 4 aromatic rings. The summed E-state index contributed by atoms with van der Waals surface area (Å²) in [4.78, 5) is 12.0.